The van der Waals surface area contributed by atoms with Gasteiger partial charge in [-0.25, -0.2) is 0 Å². The Morgan fingerprint density at radius 1 is 1.05 bits per heavy atom. The predicted octanol–water partition coefficient (Wildman–Crippen LogP) is 1.93. The molecule has 116 valence electrons. The van der Waals surface area contributed by atoms with Gasteiger partial charge >= 0.3 is 5.97 Å². The quantitative estimate of drug-likeness (QED) is 0.865. The molecule has 0 aromatic heterocycles. The van der Waals surface area contributed by atoms with Gasteiger partial charge in [0.05, 0.1) is 21.3 Å². The van der Waals surface area contributed by atoms with E-state index in [-0.39, 0.29) is 0 Å². The molecule has 6 heteroatoms. The van der Waals surface area contributed by atoms with E-state index in [4.69, 9.17) is 14.2 Å². The SMILES string of the molecule is COc1cc(OC)c(C(C(=O)O)N2CCCC2)cc1OC. The molecular formula is C15H21NO5. The molecule has 1 atom stereocenters. The third kappa shape index (κ3) is 3.05. The Morgan fingerprint density at radius 3 is 2.05 bits per heavy atom. The number of likely N-dealkylation sites (tertiary alicyclic amines) is 1. The van der Waals surface area contributed by atoms with Crippen LogP contribution >= 0.6 is 0 Å². The molecule has 1 aromatic carbocycles. The number of carboxylic acids is 1. The number of methoxy groups -OCH3 is 3. The number of rotatable bonds is 6. The first-order valence-corrected chi connectivity index (χ1v) is 6.89. The van der Waals surface area contributed by atoms with Gasteiger partial charge in [-0.05, 0) is 32.0 Å². The van der Waals surface area contributed by atoms with Gasteiger partial charge in [0, 0.05) is 11.6 Å². The Hall–Kier alpha value is -1.95. The zero-order chi connectivity index (χ0) is 15.4. The van der Waals surface area contributed by atoms with E-state index in [0.29, 0.717) is 22.8 Å². The summed E-state index contributed by atoms with van der Waals surface area (Å²) in [7, 11) is 4.58. The van der Waals surface area contributed by atoms with Crippen molar-refractivity contribution in [1.82, 2.24) is 4.90 Å². The highest BCUT2D eigenvalue weighted by molar-refractivity contribution is 5.77. The number of carbonyl (C=O) groups is 1. The summed E-state index contributed by atoms with van der Waals surface area (Å²) in [4.78, 5) is 13.7. The van der Waals surface area contributed by atoms with Crippen LogP contribution in [0.4, 0.5) is 0 Å². The molecule has 0 radical (unpaired) electrons. The van der Waals surface area contributed by atoms with E-state index in [1.54, 1.807) is 12.1 Å². The van der Waals surface area contributed by atoms with Crippen LogP contribution in [0, 0.1) is 0 Å². The van der Waals surface area contributed by atoms with Crippen LogP contribution in [0.25, 0.3) is 0 Å². The van der Waals surface area contributed by atoms with Crippen molar-refractivity contribution in [2.75, 3.05) is 34.4 Å². The maximum absolute atomic E-state index is 11.7. The first kappa shape index (κ1) is 15.4. The molecule has 6 nitrogen and oxygen atoms in total. The van der Waals surface area contributed by atoms with Crippen LogP contribution in [0.15, 0.2) is 12.1 Å². The Bertz CT molecular complexity index is 511. The molecule has 1 saturated heterocycles. The van der Waals surface area contributed by atoms with Gasteiger partial charge in [0.2, 0.25) is 0 Å². The van der Waals surface area contributed by atoms with E-state index in [2.05, 4.69) is 0 Å². The highest BCUT2D eigenvalue weighted by Gasteiger charge is 2.32. The molecule has 0 aliphatic carbocycles. The van der Waals surface area contributed by atoms with E-state index in [1.165, 1.54) is 21.3 Å². The number of nitrogens with zero attached hydrogens (tertiary/aromatic N) is 1. The van der Waals surface area contributed by atoms with Crippen molar-refractivity contribution in [3.63, 3.8) is 0 Å². The maximum atomic E-state index is 11.7. The molecular weight excluding hydrogens is 274 g/mol. The standard InChI is InChI=1S/C15H21NO5/c1-19-11-9-13(21-3)12(20-2)8-10(11)14(15(17)18)16-6-4-5-7-16/h8-9,14H,4-7H2,1-3H3,(H,17,18). The zero-order valence-electron chi connectivity index (χ0n) is 12.6. The summed E-state index contributed by atoms with van der Waals surface area (Å²) in [6.07, 6.45) is 2.03. The van der Waals surface area contributed by atoms with Crippen molar-refractivity contribution in [3.8, 4) is 17.2 Å². The summed E-state index contributed by atoms with van der Waals surface area (Å²) in [5.74, 6) is 0.622. The third-order valence-corrected chi connectivity index (χ3v) is 3.77. The van der Waals surface area contributed by atoms with Crippen molar-refractivity contribution in [2.24, 2.45) is 0 Å². The molecule has 0 amide bonds. The maximum Gasteiger partial charge on any atom is 0.325 e. The highest BCUT2D eigenvalue weighted by atomic mass is 16.5. The Kier molecular flexibility index (Phi) is 4.90. The molecule has 21 heavy (non-hydrogen) atoms. The van der Waals surface area contributed by atoms with Crippen molar-refractivity contribution in [2.45, 2.75) is 18.9 Å². The minimum atomic E-state index is -0.887. The lowest BCUT2D eigenvalue weighted by Crippen LogP contribution is -2.32. The van der Waals surface area contributed by atoms with Gasteiger partial charge in [-0.1, -0.05) is 0 Å². The lowest BCUT2D eigenvalue weighted by molar-refractivity contribution is -0.143. The normalized spacial score (nSPS) is 16.5. The van der Waals surface area contributed by atoms with Crippen molar-refractivity contribution in [3.05, 3.63) is 17.7 Å². The Labute approximate surface area is 124 Å². The summed E-state index contributed by atoms with van der Waals surface area (Å²) in [5, 5.41) is 9.63. The van der Waals surface area contributed by atoms with Crippen LogP contribution in [0.3, 0.4) is 0 Å². The monoisotopic (exact) mass is 295 g/mol. The Morgan fingerprint density at radius 2 is 1.57 bits per heavy atom. The number of carboxylic acid groups (broad SMARTS) is 1. The number of hydrogen-bond donors (Lipinski definition) is 1. The van der Waals surface area contributed by atoms with E-state index >= 15 is 0 Å². The van der Waals surface area contributed by atoms with Gasteiger partial charge in [0.25, 0.3) is 0 Å². The molecule has 1 unspecified atom stereocenters. The lowest BCUT2D eigenvalue weighted by atomic mass is 10.0. The molecule has 1 aliphatic heterocycles. The van der Waals surface area contributed by atoms with Gasteiger partial charge in [0.15, 0.2) is 11.5 Å². The smallest absolute Gasteiger partial charge is 0.325 e. The molecule has 1 aromatic rings. The largest absolute Gasteiger partial charge is 0.496 e. The number of benzene rings is 1. The third-order valence-electron chi connectivity index (χ3n) is 3.77. The first-order chi connectivity index (χ1) is 10.1. The minimum absolute atomic E-state index is 0.493. The summed E-state index contributed by atoms with van der Waals surface area (Å²) >= 11 is 0. The van der Waals surface area contributed by atoms with Crippen molar-refractivity contribution in [1.29, 1.82) is 0 Å². The molecule has 0 spiro atoms. The van der Waals surface area contributed by atoms with Crippen molar-refractivity contribution >= 4 is 5.97 Å². The molecule has 2 rings (SSSR count). The zero-order valence-corrected chi connectivity index (χ0v) is 12.6. The molecule has 1 aliphatic rings. The molecule has 1 fully saturated rings. The first-order valence-electron chi connectivity index (χ1n) is 6.89. The molecule has 1 N–H and O–H groups in total. The summed E-state index contributed by atoms with van der Waals surface area (Å²) < 4.78 is 15.9. The van der Waals surface area contributed by atoms with E-state index in [9.17, 15) is 9.90 Å². The van der Waals surface area contributed by atoms with Crippen LogP contribution in [0.1, 0.15) is 24.4 Å². The van der Waals surface area contributed by atoms with Crippen LogP contribution < -0.4 is 14.2 Å². The van der Waals surface area contributed by atoms with Gasteiger partial charge in [-0.2, -0.15) is 0 Å². The molecule has 0 saturated carbocycles. The average molecular weight is 295 g/mol. The van der Waals surface area contributed by atoms with Crippen LogP contribution in [0.5, 0.6) is 17.2 Å². The fraction of sp³-hybridized carbons (Fsp3) is 0.533. The van der Waals surface area contributed by atoms with E-state index in [1.807, 2.05) is 4.90 Å². The number of ether oxygens (including phenoxy) is 3. The lowest BCUT2D eigenvalue weighted by Gasteiger charge is -2.26. The number of hydrogen-bond acceptors (Lipinski definition) is 5. The van der Waals surface area contributed by atoms with Gasteiger partial charge in [0.1, 0.15) is 11.8 Å². The minimum Gasteiger partial charge on any atom is -0.496 e. The fourth-order valence-corrected chi connectivity index (χ4v) is 2.75. The second-order valence-electron chi connectivity index (χ2n) is 4.93. The average Bonchev–Trinajstić information content (AvgIpc) is 3.00. The van der Waals surface area contributed by atoms with E-state index in [0.717, 1.165) is 25.9 Å². The van der Waals surface area contributed by atoms with Gasteiger partial charge < -0.3 is 19.3 Å². The fourth-order valence-electron chi connectivity index (χ4n) is 2.75. The Balaban J connectivity index is 2.49. The summed E-state index contributed by atoms with van der Waals surface area (Å²) in [5.41, 5.74) is 0.588. The molecule has 0 bridgehead atoms. The topological polar surface area (TPSA) is 68.2 Å². The summed E-state index contributed by atoms with van der Waals surface area (Å²) in [6.45, 7) is 1.54. The second-order valence-corrected chi connectivity index (χ2v) is 4.93. The van der Waals surface area contributed by atoms with Gasteiger partial charge in [-0.15, -0.1) is 0 Å². The second kappa shape index (κ2) is 6.67. The van der Waals surface area contributed by atoms with Crippen LogP contribution in [-0.2, 0) is 4.79 Å². The van der Waals surface area contributed by atoms with Crippen molar-refractivity contribution < 1.29 is 24.1 Å². The van der Waals surface area contributed by atoms with Gasteiger partial charge in [-0.3, -0.25) is 9.69 Å². The predicted molar refractivity (Wildman–Crippen MR) is 77.3 cm³/mol. The highest BCUT2D eigenvalue weighted by Crippen LogP contribution is 2.40. The van der Waals surface area contributed by atoms with E-state index < -0.39 is 12.0 Å². The van der Waals surface area contributed by atoms with Crippen LogP contribution in [0.2, 0.25) is 0 Å². The molecule has 1 heterocycles. The van der Waals surface area contributed by atoms with Crippen LogP contribution in [-0.4, -0.2) is 50.4 Å². The summed E-state index contributed by atoms with van der Waals surface area (Å²) in [6, 6.07) is 2.62. The number of aliphatic carboxylic acids is 1.